The zero-order chi connectivity index (χ0) is 9.10. The number of hydrogen-bond acceptors (Lipinski definition) is 3. The van der Waals surface area contributed by atoms with E-state index < -0.39 is 0 Å². The average molecular weight is 180 g/mol. The van der Waals surface area contributed by atoms with Crippen LogP contribution in [0.4, 0.5) is 0 Å². The topological polar surface area (TPSA) is 34.0 Å². The van der Waals surface area contributed by atoms with Crippen molar-refractivity contribution in [2.45, 2.75) is 25.8 Å². The molecule has 0 aromatic carbocycles. The van der Waals surface area contributed by atoms with E-state index in [1.807, 2.05) is 7.05 Å². The van der Waals surface area contributed by atoms with E-state index in [1.54, 1.807) is 11.0 Å². The Hall–Kier alpha value is -0.900. The van der Waals surface area contributed by atoms with Crippen molar-refractivity contribution in [2.75, 3.05) is 13.1 Å². The van der Waals surface area contributed by atoms with Gasteiger partial charge in [-0.1, -0.05) is 6.42 Å². The molecule has 0 atom stereocenters. The molecule has 4 heteroatoms. The van der Waals surface area contributed by atoms with E-state index in [0.717, 1.165) is 12.4 Å². The molecule has 0 saturated carbocycles. The molecule has 2 heterocycles. The van der Waals surface area contributed by atoms with Crippen LogP contribution in [0.2, 0.25) is 0 Å². The molecule has 0 aliphatic carbocycles. The van der Waals surface area contributed by atoms with E-state index in [2.05, 4.69) is 15.0 Å². The number of nitrogens with zero attached hydrogens (tertiary/aromatic N) is 4. The summed E-state index contributed by atoms with van der Waals surface area (Å²) in [6.45, 7) is 3.33. The molecule has 0 N–H and O–H groups in total. The lowest BCUT2D eigenvalue weighted by Crippen LogP contribution is -2.29. The average Bonchev–Trinajstić information content (AvgIpc) is 2.53. The maximum absolute atomic E-state index is 4.27. The third-order valence-corrected chi connectivity index (χ3v) is 2.46. The van der Waals surface area contributed by atoms with Gasteiger partial charge in [0.05, 0.1) is 6.54 Å². The van der Waals surface area contributed by atoms with Crippen molar-refractivity contribution in [3.63, 3.8) is 0 Å². The predicted molar refractivity (Wildman–Crippen MR) is 50.1 cm³/mol. The predicted octanol–water partition coefficient (Wildman–Crippen LogP) is 0.801. The van der Waals surface area contributed by atoms with E-state index in [-0.39, 0.29) is 0 Å². The summed E-state index contributed by atoms with van der Waals surface area (Å²) in [5.41, 5.74) is 0. The summed E-state index contributed by atoms with van der Waals surface area (Å²) < 4.78 is 1.76. The van der Waals surface area contributed by atoms with Crippen LogP contribution in [0.5, 0.6) is 0 Å². The molecule has 0 bridgehead atoms. The molecule has 0 radical (unpaired) electrons. The molecule has 1 saturated heterocycles. The molecule has 1 fully saturated rings. The number of likely N-dealkylation sites (tertiary alicyclic amines) is 1. The maximum atomic E-state index is 4.27. The largest absolute Gasteiger partial charge is 0.296 e. The third kappa shape index (κ3) is 2.28. The first-order chi connectivity index (χ1) is 6.34. The van der Waals surface area contributed by atoms with Gasteiger partial charge in [-0.2, -0.15) is 5.10 Å². The van der Waals surface area contributed by atoms with Crippen molar-refractivity contribution in [3.8, 4) is 0 Å². The summed E-state index contributed by atoms with van der Waals surface area (Å²) in [5.74, 6) is 0.949. The van der Waals surface area contributed by atoms with Crippen LogP contribution in [0.25, 0.3) is 0 Å². The molecule has 1 aliphatic rings. The van der Waals surface area contributed by atoms with Crippen LogP contribution in [0.1, 0.15) is 25.1 Å². The first kappa shape index (κ1) is 8.69. The zero-order valence-electron chi connectivity index (χ0n) is 8.11. The van der Waals surface area contributed by atoms with Gasteiger partial charge in [0.15, 0.2) is 5.82 Å². The van der Waals surface area contributed by atoms with Gasteiger partial charge in [0.1, 0.15) is 6.33 Å². The van der Waals surface area contributed by atoms with Crippen LogP contribution in [-0.2, 0) is 13.6 Å². The fraction of sp³-hybridized carbons (Fsp3) is 0.778. The highest BCUT2D eigenvalue weighted by Crippen LogP contribution is 2.10. The molecule has 1 aliphatic heterocycles. The van der Waals surface area contributed by atoms with Gasteiger partial charge in [0.2, 0.25) is 0 Å². The number of hydrogen-bond donors (Lipinski definition) is 0. The number of rotatable bonds is 2. The van der Waals surface area contributed by atoms with Crippen molar-refractivity contribution in [2.24, 2.45) is 7.05 Å². The summed E-state index contributed by atoms with van der Waals surface area (Å²) >= 11 is 0. The molecule has 0 amide bonds. The molecular formula is C9H16N4. The van der Waals surface area contributed by atoms with E-state index in [0.29, 0.717) is 0 Å². The lowest BCUT2D eigenvalue weighted by atomic mass is 10.1. The monoisotopic (exact) mass is 180 g/mol. The first-order valence-electron chi connectivity index (χ1n) is 4.91. The van der Waals surface area contributed by atoms with Crippen molar-refractivity contribution < 1.29 is 0 Å². The fourth-order valence-electron chi connectivity index (χ4n) is 1.77. The molecule has 1 aromatic rings. The Labute approximate surface area is 78.6 Å². The van der Waals surface area contributed by atoms with Gasteiger partial charge >= 0.3 is 0 Å². The Bertz CT molecular complexity index is 262. The van der Waals surface area contributed by atoms with Crippen LogP contribution in [-0.4, -0.2) is 32.8 Å². The number of aryl methyl sites for hydroxylation is 1. The van der Waals surface area contributed by atoms with Gasteiger partial charge < -0.3 is 0 Å². The summed E-state index contributed by atoms with van der Waals surface area (Å²) in [5, 5.41) is 4.27. The van der Waals surface area contributed by atoms with Gasteiger partial charge in [-0.25, -0.2) is 4.98 Å². The van der Waals surface area contributed by atoms with Crippen LogP contribution in [0.15, 0.2) is 6.33 Å². The second-order valence-electron chi connectivity index (χ2n) is 3.67. The second kappa shape index (κ2) is 3.87. The Kier molecular flexibility index (Phi) is 2.59. The number of aromatic nitrogens is 3. The molecule has 2 rings (SSSR count). The lowest BCUT2D eigenvalue weighted by Gasteiger charge is -2.24. The highest BCUT2D eigenvalue weighted by atomic mass is 15.3. The highest BCUT2D eigenvalue weighted by Gasteiger charge is 2.11. The van der Waals surface area contributed by atoms with Gasteiger partial charge in [-0.3, -0.25) is 9.58 Å². The fourth-order valence-corrected chi connectivity index (χ4v) is 1.77. The first-order valence-corrected chi connectivity index (χ1v) is 4.91. The molecule has 1 aromatic heterocycles. The van der Waals surface area contributed by atoms with E-state index >= 15 is 0 Å². The van der Waals surface area contributed by atoms with Crippen molar-refractivity contribution in [1.29, 1.82) is 0 Å². The van der Waals surface area contributed by atoms with Crippen LogP contribution < -0.4 is 0 Å². The number of piperidine rings is 1. The van der Waals surface area contributed by atoms with Gasteiger partial charge in [-0.15, -0.1) is 0 Å². The van der Waals surface area contributed by atoms with E-state index in [4.69, 9.17) is 0 Å². The minimum atomic E-state index is 0.918. The molecular weight excluding hydrogens is 164 g/mol. The quantitative estimate of drug-likeness (QED) is 0.675. The molecule has 72 valence electrons. The Morgan fingerprint density at radius 2 is 2.08 bits per heavy atom. The normalized spacial score (nSPS) is 19.2. The smallest absolute Gasteiger partial charge is 0.164 e. The summed E-state index contributed by atoms with van der Waals surface area (Å²) in [6, 6.07) is 0. The van der Waals surface area contributed by atoms with Crippen LogP contribution in [0, 0.1) is 0 Å². The van der Waals surface area contributed by atoms with Crippen molar-refractivity contribution in [3.05, 3.63) is 12.2 Å². The molecule has 4 nitrogen and oxygen atoms in total. The molecule has 13 heavy (non-hydrogen) atoms. The zero-order valence-corrected chi connectivity index (χ0v) is 8.11. The van der Waals surface area contributed by atoms with E-state index in [9.17, 15) is 0 Å². The van der Waals surface area contributed by atoms with Crippen molar-refractivity contribution in [1.82, 2.24) is 19.7 Å². The summed E-state index contributed by atoms with van der Waals surface area (Å²) in [4.78, 5) is 6.65. The SMILES string of the molecule is Cn1cnc(CN2CCCCC2)n1. The van der Waals surface area contributed by atoms with Gasteiger partial charge in [-0.05, 0) is 25.9 Å². The third-order valence-electron chi connectivity index (χ3n) is 2.46. The van der Waals surface area contributed by atoms with E-state index in [1.165, 1.54) is 32.4 Å². The second-order valence-corrected chi connectivity index (χ2v) is 3.67. The summed E-state index contributed by atoms with van der Waals surface area (Å²) in [6.07, 6.45) is 5.80. The molecule has 0 unspecified atom stereocenters. The Balaban J connectivity index is 1.89. The summed E-state index contributed by atoms with van der Waals surface area (Å²) in [7, 11) is 1.91. The maximum Gasteiger partial charge on any atom is 0.164 e. The minimum absolute atomic E-state index is 0.918. The van der Waals surface area contributed by atoms with Crippen molar-refractivity contribution >= 4 is 0 Å². The standard InChI is InChI=1S/C9H16N4/c1-12-8-10-9(11-12)7-13-5-3-2-4-6-13/h8H,2-7H2,1H3. The highest BCUT2D eigenvalue weighted by molar-refractivity contribution is 4.82. The van der Waals surface area contributed by atoms with Gasteiger partial charge in [0, 0.05) is 7.05 Å². The van der Waals surface area contributed by atoms with Crippen LogP contribution >= 0.6 is 0 Å². The lowest BCUT2D eigenvalue weighted by molar-refractivity contribution is 0.216. The van der Waals surface area contributed by atoms with Crippen LogP contribution in [0.3, 0.4) is 0 Å². The molecule has 0 spiro atoms. The Morgan fingerprint density at radius 1 is 1.31 bits per heavy atom. The van der Waals surface area contributed by atoms with Gasteiger partial charge in [0.25, 0.3) is 0 Å². The Morgan fingerprint density at radius 3 is 2.69 bits per heavy atom. The minimum Gasteiger partial charge on any atom is -0.296 e.